The van der Waals surface area contributed by atoms with Crippen LogP contribution < -0.4 is 0 Å². The summed E-state index contributed by atoms with van der Waals surface area (Å²) in [7, 11) is -3.23. The van der Waals surface area contributed by atoms with E-state index in [2.05, 4.69) is 0 Å². The average Bonchev–Trinajstić information content (AvgIpc) is 2.28. The van der Waals surface area contributed by atoms with E-state index < -0.39 is 22.7 Å². The van der Waals surface area contributed by atoms with E-state index in [0.717, 1.165) is 12.6 Å². The smallest absolute Gasteiger partial charge is 0.207 e. The predicted molar refractivity (Wildman–Crippen MR) is 66.7 cm³/mol. The van der Waals surface area contributed by atoms with Crippen molar-refractivity contribution in [3.05, 3.63) is 29.8 Å². The van der Waals surface area contributed by atoms with E-state index in [1.54, 1.807) is 0 Å². The molecule has 0 amide bonds. The molecule has 0 heterocycles. The minimum Gasteiger partial charge on any atom is -0.207 e. The van der Waals surface area contributed by atoms with Gasteiger partial charge in [-0.1, -0.05) is 12.1 Å². The van der Waals surface area contributed by atoms with Crippen LogP contribution in [0.15, 0.2) is 29.2 Å². The number of rotatable bonds is 5. The molecule has 0 spiro atoms. The Morgan fingerprint density at radius 1 is 1.21 bits per heavy atom. The summed E-state index contributed by atoms with van der Waals surface area (Å²) in [6, 6.07) is 5.64. The number of aryl methyl sites for hydroxylation is 1. The Morgan fingerprint density at radius 2 is 1.74 bits per heavy atom. The molecule has 0 aliphatic heterocycles. The van der Waals surface area contributed by atoms with E-state index in [1.807, 2.05) is 0 Å². The molecule has 0 unspecified atom stereocenters. The molecule has 0 aliphatic rings. The fourth-order valence-electron chi connectivity index (χ4n) is 1.45. The SMILES string of the molecule is CN(CC(F)(F)F)S(=O)(=O)c1ccc(CCCl)cc1. The summed E-state index contributed by atoms with van der Waals surface area (Å²) in [6.45, 7) is -1.52. The molecule has 0 atom stereocenters. The van der Waals surface area contributed by atoms with Crippen molar-refractivity contribution in [3.8, 4) is 0 Å². The van der Waals surface area contributed by atoms with Crippen LogP contribution in [-0.4, -0.2) is 38.4 Å². The Labute approximate surface area is 115 Å². The van der Waals surface area contributed by atoms with Crippen molar-refractivity contribution in [1.82, 2.24) is 4.31 Å². The fraction of sp³-hybridized carbons (Fsp3) is 0.455. The maximum atomic E-state index is 12.2. The van der Waals surface area contributed by atoms with Crippen molar-refractivity contribution in [1.29, 1.82) is 0 Å². The van der Waals surface area contributed by atoms with Crippen molar-refractivity contribution < 1.29 is 21.6 Å². The molecule has 3 nitrogen and oxygen atoms in total. The first-order valence-electron chi connectivity index (χ1n) is 5.35. The molecule has 1 aromatic carbocycles. The van der Waals surface area contributed by atoms with Gasteiger partial charge in [-0.25, -0.2) is 8.42 Å². The van der Waals surface area contributed by atoms with Crippen LogP contribution in [0, 0.1) is 0 Å². The monoisotopic (exact) mass is 315 g/mol. The molecule has 1 rings (SSSR count). The topological polar surface area (TPSA) is 37.4 Å². The number of alkyl halides is 4. The molecule has 108 valence electrons. The lowest BCUT2D eigenvalue weighted by atomic mass is 10.2. The molecule has 0 fully saturated rings. The summed E-state index contributed by atoms with van der Waals surface area (Å²) in [4.78, 5) is -0.169. The van der Waals surface area contributed by atoms with E-state index in [0.29, 0.717) is 12.3 Å². The first kappa shape index (κ1) is 16.3. The van der Waals surface area contributed by atoms with Gasteiger partial charge in [-0.15, -0.1) is 11.6 Å². The van der Waals surface area contributed by atoms with Gasteiger partial charge in [0.1, 0.15) is 6.54 Å². The number of hydrogen-bond donors (Lipinski definition) is 0. The largest absolute Gasteiger partial charge is 0.402 e. The maximum absolute atomic E-state index is 12.2. The van der Waals surface area contributed by atoms with Crippen molar-refractivity contribution in [2.45, 2.75) is 17.5 Å². The van der Waals surface area contributed by atoms with Crippen LogP contribution in [0.3, 0.4) is 0 Å². The van der Waals surface area contributed by atoms with Crippen LogP contribution in [0.25, 0.3) is 0 Å². The Hall–Kier alpha value is -0.790. The zero-order valence-electron chi connectivity index (χ0n) is 10.1. The summed E-state index contributed by atoms with van der Waals surface area (Å²) < 4.78 is 60.6. The van der Waals surface area contributed by atoms with Crippen LogP contribution >= 0.6 is 11.6 Å². The molecule has 0 aromatic heterocycles. The molecule has 1 aromatic rings. The van der Waals surface area contributed by atoms with E-state index in [9.17, 15) is 21.6 Å². The van der Waals surface area contributed by atoms with Gasteiger partial charge in [0, 0.05) is 12.9 Å². The number of sulfonamides is 1. The minimum atomic E-state index is -4.57. The summed E-state index contributed by atoms with van der Waals surface area (Å²) in [5, 5.41) is 0. The molecule has 8 heteroatoms. The quantitative estimate of drug-likeness (QED) is 0.783. The highest BCUT2D eigenvalue weighted by Gasteiger charge is 2.34. The molecule has 0 radical (unpaired) electrons. The zero-order valence-corrected chi connectivity index (χ0v) is 11.7. The lowest BCUT2D eigenvalue weighted by Crippen LogP contribution is -2.35. The highest BCUT2D eigenvalue weighted by atomic mass is 35.5. The second-order valence-electron chi connectivity index (χ2n) is 3.96. The Bertz CT molecular complexity index is 514. The summed E-state index contributed by atoms with van der Waals surface area (Å²) in [6.07, 6.45) is -4.00. The van der Waals surface area contributed by atoms with E-state index in [-0.39, 0.29) is 9.20 Å². The minimum absolute atomic E-state index is 0.169. The van der Waals surface area contributed by atoms with E-state index >= 15 is 0 Å². The van der Waals surface area contributed by atoms with Crippen LogP contribution in [0.5, 0.6) is 0 Å². The van der Waals surface area contributed by atoms with Crippen LogP contribution in [-0.2, 0) is 16.4 Å². The van der Waals surface area contributed by atoms with Gasteiger partial charge in [-0.3, -0.25) is 0 Å². The van der Waals surface area contributed by atoms with Gasteiger partial charge in [-0.2, -0.15) is 17.5 Å². The van der Waals surface area contributed by atoms with Gasteiger partial charge in [0.05, 0.1) is 4.90 Å². The molecule has 0 aliphatic carbocycles. The number of halogens is 4. The molecule has 0 saturated carbocycles. The highest BCUT2D eigenvalue weighted by molar-refractivity contribution is 7.89. The Balaban J connectivity index is 2.93. The summed E-state index contributed by atoms with van der Waals surface area (Å²) in [5.41, 5.74) is 0.826. The first-order chi connectivity index (χ1) is 8.66. The van der Waals surface area contributed by atoms with Crippen LogP contribution in [0.1, 0.15) is 5.56 Å². The molecule has 0 saturated heterocycles. The molecule has 0 N–H and O–H groups in total. The van der Waals surface area contributed by atoms with Gasteiger partial charge < -0.3 is 0 Å². The average molecular weight is 316 g/mol. The third-order valence-corrected chi connectivity index (χ3v) is 4.42. The Morgan fingerprint density at radius 3 is 2.16 bits per heavy atom. The van der Waals surface area contributed by atoms with Crippen molar-refractivity contribution in [2.24, 2.45) is 0 Å². The number of benzene rings is 1. The normalized spacial score (nSPS) is 12.9. The maximum Gasteiger partial charge on any atom is 0.402 e. The molecular formula is C11H13ClF3NO2S. The summed E-state index contributed by atoms with van der Waals surface area (Å²) in [5.74, 6) is 0.389. The zero-order chi connectivity index (χ0) is 14.7. The van der Waals surface area contributed by atoms with E-state index in [4.69, 9.17) is 11.6 Å². The Kier molecular flexibility index (Phi) is 5.23. The van der Waals surface area contributed by atoms with Crippen LogP contribution in [0.2, 0.25) is 0 Å². The van der Waals surface area contributed by atoms with Gasteiger partial charge in [0.2, 0.25) is 10.0 Å². The second-order valence-corrected chi connectivity index (χ2v) is 6.38. The fourth-order valence-corrected chi connectivity index (χ4v) is 2.83. The summed E-state index contributed by atoms with van der Waals surface area (Å²) >= 11 is 5.54. The second kappa shape index (κ2) is 6.11. The third kappa shape index (κ3) is 4.67. The van der Waals surface area contributed by atoms with E-state index in [1.165, 1.54) is 24.3 Å². The highest BCUT2D eigenvalue weighted by Crippen LogP contribution is 2.21. The van der Waals surface area contributed by atoms with Gasteiger partial charge in [0.15, 0.2) is 0 Å². The van der Waals surface area contributed by atoms with Gasteiger partial charge >= 0.3 is 6.18 Å². The number of hydrogen-bond acceptors (Lipinski definition) is 2. The van der Waals surface area contributed by atoms with Gasteiger partial charge in [-0.05, 0) is 24.1 Å². The van der Waals surface area contributed by atoms with Crippen molar-refractivity contribution in [2.75, 3.05) is 19.5 Å². The molecular weight excluding hydrogens is 303 g/mol. The lowest BCUT2D eigenvalue weighted by Gasteiger charge is -2.18. The lowest BCUT2D eigenvalue weighted by molar-refractivity contribution is -0.134. The standard InChI is InChI=1S/C11H13ClF3NO2S/c1-16(8-11(13,14)15)19(17,18)10-4-2-9(3-5-10)6-7-12/h2-5H,6-8H2,1H3. The van der Waals surface area contributed by atoms with Gasteiger partial charge in [0.25, 0.3) is 0 Å². The first-order valence-corrected chi connectivity index (χ1v) is 7.32. The van der Waals surface area contributed by atoms with Crippen molar-refractivity contribution in [3.63, 3.8) is 0 Å². The number of nitrogens with zero attached hydrogens (tertiary/aromatic N) is 1. The van der Waals surface area contributed by atoms with Crippen LogP contribution in [0.4, 0.5) is 13.2 Å². The molecule has 19 heavy (non-hydrogen) atoms. The van der Waals surface area contributed by atoms with Crippen molar-refractivity contribution >= 4 is 21.6 Å². The predicted octanol–water partition coefficient (Wildman–Crippen LogP) is 2.65. The molecule has 0 bridgehead atoms. The third-order valence-electron chi connectivity index (χ3n) is 2.42.